The third-order valence-corrected chi connectivity index (χ3v) is 2.69. The van der Waals surface area contributed by atoms with E-state index in [4.69, 9.17) is 10.4 Å². The highest BCUT2D eigenvalue weighted by Crippen LogP contribution is 2.20. The Morgan fingerprint density at radius 1 is 1.24 bits per heavy atom. The number of aliphatic carboxylic acids is 1. The summed E-state index contributed by atoms with van der Waals surface area (Å²) in [5.74, 6) is -1.82. The SMILES string of the molecule is N#Cc1ccc(Br)cc1NC(=O)NCC(=O)NCC(=O)O. The number of carboxylic acids is 1. The molecule has 0 fully saturated rings. The molecule has 0 aliphatic heterocycles. The van der Waals surface area contributed by atoms with Crippen molar-refractivity contribution in [1.29, 1.82) is 5.26 Å². The number of anilines is 1. The molecule has 1 aromatic rings. The van der Waals surface area contributed by atoms with Crippen LogP contribution in [0, 0.1) is 11.3 Å². The van der Waals surface area contributed by atoms with Crippen LogP contribution in [0.1, 0.15) is 5.56 Å². The average Bonchev–Trinajstić information content (AvgIpc) is 2.43. The minimum Gasteiger partial charge on any atom is -0.480 e. The number of nitrogens with one attached hydrogen (secondary N) is 3. The zero-order valence-electron chi connectivity index (χ0n) is 10.6. The van der Waals surface area contributed by atoms with E-state index < -0.39 is 24.5 Å². The van der Waals surface area contributed by atoms with Crippen LogP contribution in [0.15, 0.2) is 22.7 Å². The van der Waals surface area contributed by atoms with E-state index in [0.29, 0.717) is 4.47 Å². The molecule has 0 aliphatic carbocycles. The Hall–Kier alpha value is -2.60. The highest BCUT2D eigenvalue weighted by molar-refractivity contribution is 9.10. The average molecular weight is 355 g/mol. The molecule has 21 heavy (non-hydrogen) atoms. The van der Waals surface area contributed by atoms with Gasteiger partial charge in [0, 0.05) is 4.47 Å². The van der Waals surface area contributed by atoms with Crippen LogP contribution in [0.4, 0.5) is 10.5 Å². The summed E-state index contributed by atoms with van der Waals surface area (Å²) in [6.45, 7) is -0.901. The summed E-state index contributed by atoms with van der Waals surface area (Å²) in [5, 5.41) is 24.0. The second-order valence-corrected chi connectivity index (χ2v) is 4.70. The molecule has 1 aromatic carbocycles. The minimum atomic E-state index is -1.18. The molecule has 0 saturated carbocycles. The molecule has 8 nitrogen and oxygen atoms in total. The van der Waals surface area contributed by atoms with E-state index in [1.54, 1.807) is 12.1 Å². The van der Waals surface area contributed by atoms with Gasteiger partial charge in [0.1, 0.15) is 12.6 Å². The van der Waals surface area contributed by atoms with Gasteiger partial charge in [-0.3, -0.25) is 9.59 Å². The zero-order valence-corrected chi connectivity index (χ0v) is 12.2. The topological polar surface area (TPSA) is 131 Å². The number of carbonyl (C=O) groups is 3. The highest BCUT2D eigenvalue weighted by Gasteiger charge is 2.09. The van der Waals surface area contributed by atoms with Crippen molar-refractivity contribution in [2.24, 2.45) is 0 Å². The molecular formula is C12H11BrN4O4. The Morgan fingerprint density at radius 3 is 2.57 bits per heavy atom. The molecule has 0 saturated heterocycles. The summed E-state index contributed by atoms with van der Waals surface area (Å²) < 4.78 is 0.677. The molecule has 0 bridgehead atoms. The summed E-state index contributed by atoms with van der Waals surface area (Å²) in [7, 11) is 0. The van der Waals surface area contributed by atoms with Crippen molar-refractivity contribution in [3.8, 4) is 6.07 Å². The van der Waals surface area contributed by atoms with Crippen LogP contribution in [0.5, 0.6) is 0 Å². The van der Waals surface area contributed by atoms with Crippen LogP contribution >= 0.6 is 15.9 Å². The second-order valence-electron chi connectivity index (χ2n) is 3.78. The number of carboxylic acid groups (broad SMARTS) is 1. The van der Waals surface area contributed by atoms with Crippen LogP contribution in [-0.2, 0) is 9.59 Å². The second kappa shape index (κ2) is 7.86. The van der Waals surface area contributed by atoms with E-state index in [9.17, 15) is 14.4 Å². The third-order valence-electron chi connectivity index (χ3n) is 2.20. The summed E-state index contributed by atoms with van der Waals surface area (Å²) in [6, 6.07) is 5.96. The number of hydrogen-bond donors (Lipinski definition) is 4. The van der Waals surface area contributed by atoms with Crippen molar-refractivity contribution in [1.82, 2.24) is 10.6 Å². The van der Waals surface area contributed by atoms with E-state index in [2.05, 4.69) is 31.9 Å². The maximum Gasteiger partial charge on any atom is 0.322 e. The van der Waals surface area contributed by atoms with Crippen molar-refractivity contribution < 1.29 is 19.5 Å². The van der Waals surface area contributed by atoms with Gasteiger partial charge in [0.25, 0.3) is 0 Å². The molecule has 4 N–H and O–H groups in total. The number of benzene rings is 1. The first-order valence-corrected chi connectivity index (χ1v) is 6.44. The van der Waals surface area contributed by atoms with Gasteiger partial charge in [0.15, 0.2) is 0 Å². The lowest BCUT2D eigenvalue weighted by Crippen LogP contribution is -2.40. The fourth-order valence-electron chi connectivity index (χ4n) is 1.28. The maximum atomic E-state index is 11.6. The van der Waals surface area contributed by atoms with E-state index in [0.717, 1.165) is 0 Å². The molecule has 3 amide bonds. The molecule has 0 unspecified atom stereocenters. The van der Waals surface area contributed by atoms with E-state index in [1.807, 2.05) is 6.07 Å². The summed E-state index contributed by atoms with van der Waals surface area (Å²) >= 11 is 3.21. The van der Waals surface area contributed by atoms with Crippen LogP contribution in [0.3, 0.4) is 0 Å². The summed E-state index contributed by atoms with van der Waals surface area (Å²) in [4.78, 5) is 33.0. The number of amides is 3. The van der Waals surface area contributed by atoms with Crippen molar-refractivity contribution in [3.05, 3.63) is 28.2 Å². The first-order chi connectivity index (χ1) is 9.92. The number of urea groups is 1. The van der Waals surface area contributed by atoms with Gasteiger partial charge in [0.2, 0.25) is 5.91 Å². The van der Waals surface area contributed by atoms with Gasteiger partial charge < -0.3 is 21.1 Å². The smallest absolute Gasteiger partial charge is 0.322 e. The predicted octanol–water partition coefficient (Wildman–Crippen LogP) is 0.643. The van der Waals surface area contributed by atoms with Crippen LogP contribution in [-0.4, -0.2) is 36.1 Å². The van der Waals surface area contributed by atoms with E-state index in [1.165, 1.54) is 6.07 Å². The summed E-state index contributed by atoms with van der Waals surface area (Å²) in [6.07, 6.45) is 0. The summed E-state index contributed by atoms with van der Waals surface area (Å²) in [5.41, 5.74) is 0.555. The molecular weight excluding hydrogens is 344 g/mol. The number of nitrogens with zero attached hydrogens (tertiary/aromatic N) is 1. The number of hydrogen-bond acceptors (Lipinski definition) is 4. The third kappa shape index (κ3) is 5.92. The van der Waals surface area contributed by atoms with Crippen molar-refractivity contribution >= 4 is 39.5 Å². The van der Waals surface area contributed by atoms with Crippen LogP contribution < -0.4 is 16.0 Å². The Bertz CT molecular complexity index is 612. The number of carbonyl (C=O) groups excluding carboxylic acids is 2. The lowest BCUT2D eigenvalue weighted by molar-refractivity contribution is -0.137. The number of rotatable bonds is 5. The molecule has 0 atom stereocenters. The fourth-order valence-corrected chi connectivity index (χ4v) is 1.64. The van der Waals surface area contributed by atoms with Crippen LogP contribution in [0.25, 0.3) is 0 Å². The van der Waals surface area contributed by atoms with E-state index >= 15 is 0 Å². The van der Waals surface area contributed by atoms with Crippen molar-refractivity contribution in [2.75, 3.05) is 18.4 Å². The van der Waals surface area contributed by atoms with Gasteiger partial charge in [-0.25, -0.2) is 4.79 Å². The first kappa shape index (κ1) is 16.5. The van der Waals surface area contributed by atoms with Gasteiger partial charge in [-0.1, -0.05) is 15.9 Å². The molecule has 9 heteroatoms. The molecule has 0 aromatic heterocycles. The standard InChI is InChI=1S/C12H11BrN4O4/c13-8-2-1-7(4-14)9(3-8)17-12(21)16-5-10(18)15-6-11(19)20/h1-3H,5-6H2,(H,15,18)(H,19,20)(H2,16,17,21). The maximum absolute atomic E-state index is 11.6. The Labute approximate surface area is 128 Å². The first-order valence-electron chi connectivity index (χ1n) is 5.65. The zero-order chi connectivity index (χ0) is 15.8. The monoisotopic (exact) mass is 354 g/mol. The predicted molar refractivity (Wildman–Crippen MR) is 76.5 cm³/mol. The van der Waals surface area contributed by atoms with Gasteiger partial charge in [-0.05, 0) is 18.2 Å². The molecule has 0 heterocycles. The minimum absolute atomic E-state index is 0.267. The molecule has 0 aliphatic rings. The largest absolute Gasteiger partial charge is 0.480 e. The van der Waals surface area contributed by atoms with E-state index in [-0.39, 0.29) is 17.8 Å². The molecule has 0 spiro atoms. The number of halogens is 1. The lowest BCUT2D eigenvalue weighted by atomic mass is 10.2. The quantitative estimate of drug-likeness (QED) is 0.616. The molecule has 0 radical (unpaired) electrons. The normalized spacial score (nSPS) is 9.33. The Morgan fingerprint density at radius 2 is 1.95 bits per heavy atom. The van der Waals surface area contributed by atoms with Gasteiger partial charge in [-0.2, -0.15) is 5.26 Å². The number of nitriles is 1. The fraction of sp³-hybridized carbons (Fsp3) is 0.167. The van der Waals surface area contributed by atoms with Gasteiger partial charge >= 0.3 is 12.0 Å². The Kier molecular flexibility index (Phi) is 6.16. The Balaban J connectivity index is 2.51. The van der Waals surface area contributed by atoms with Gasteiger partial charge in [0.05, 0.1) is 17.8 Å². The molecule has 110 valence electrons. The van der Waals surface area contributed by atoms with Crippen molar-refractivity contribution in [2.45, 2.75) is 0 Å². The highest BCUT2D eigenvalue weighted by atomic mass is 79.9. The van der Waals surface area contributed by atoms with Crippen molar-refractivity contribution in [3.63, 3.8) is 0 Å². The molecule has 1 rings (SSSR count). The van der Waals surface area contributed by atoms with Crippen LogP contribution in [0.2, 0.25) is 0 Å². The lowest BCUT2D eigenvalue weighted by Gasteiger charge is -2.09. The van der Waals surface area contributed by atoms with Gasteiger partial charge in [-0.15, -0.1) is 0 Å².